The zero-order valence-electron chi connectivity index (χ0n) is 19.0. The van der Waals surface area contributed by atoms with Gasteiger partial charge in [-0.2, -0.15) is 9.29 Å². The van der Waals surface area contributed by atoms with Crippen LogP contribution in [0.5, 0.6) is 0 Å². The predicted octanol–water partition coefficient (Wildman–Crippen LogP) is 4.35. The van der Waals surface area contributed by atoms with Gasteiger partial charge in [-0.25, -0.2) is 8.42 Å². The molecule has 2 heterocycles. The van der Waals surface area contributed by atoms with Crippen molar-refractivity contribution in [3.63, 3.8) is 0 Å². The Kier molecular flexibility index (Phi) is 6.32. The third-order valence-electron chi connectivity index (χ3n) is 6.84. The van der Waals surface area contributed by atoms with E-state index >= 15 is 0 Å². The molecule has 174 valence electrons. The normalized spacial score (nSPS) is 19.1. The fraction of sp³-hybridized carbons (Fsp3) is 0.440. The zero-order valence-corrected chi connectivity index (χ0v) is 19.8. The van der Waals surface area contributed by atoms with Crippen LogP contribution in [0, 0.1) is 6.92 Å². The molecule has 1 aliphatic heterocycles. The standard InChI is InChI=1S/C25H30N4O3S/c1-19-11-13-20(14-12-19)24-26-25(32-27-24)22-9-5-6-10-23(22)33(30,31)29-17-15-28(16-18-29)21-7-3-2-4-8-21/h5-6,9-14,21H,2-4,7-8,15-18H2,1H3. The van der Waals surface area contributed by atoms with Crippen molar-refractivity contribution in [2.45, 2.75) is 50.0 Å². The molecule has 5 rings (SSSR count). The highest BCUT2D eigenvalue weighted by Crippen LogP contribution is 2.31. The first-order chi connectivity index (χ1) is 16.0. The predicted molar refractivity (Wildman–Crippen MR) is 127 cm³/mol. The Morgan fingerprint density at radius 2 is 1.61 bits per heavy atom. The fourth-order valence-corrected chi connectivity index (χ4v) is 6.52. The van der Waals surface area contributed by atoms with Crippen LogP contribution in [0.15, 0.2) is 57.9 Å². The molecule has 0 spiro atoms. The molecule has 8 heteroatoms. The van der Waals surface area contributed by atoms with Gasteiger partial charge in [0.2, 0.25) is 15.8 Å². The van der Waals surface area contributed by atoms with Crippen molar-refractivity contribution in [1.82, 2.24) is 19.3 Å². The molecule has 7 nitrogen and oxygen atoms in total. The molecule has 2 aromatic carbocycles. The highest BCUT2D eigenvalue weighted by molar-refractivity contribution is 7.89. The number of rotatable bonds is 5. The van der Waals surface area contributed by atoms with Crippen molar-refractivity contribution in [2.24, 2.45) is 0 Å². The van der Waals surface area contributed by atoms with Crippen LogP contribution in [0.1, 0.15) is 37.7 Å². The van der Waals surface area contributed by atoms with E-state index in [-0.39, 0.29) is 10.8 Å². The maximum absolute atomic E-state index is 13.6. The van der Waals surface area contributed by atoms with E-state index in [0.29, 0.717) is 30.5 Å². The Morgan fingerprint density at radius 1 is 0.909 bits per heavy atom. The molecule has 0 amide bonds. The first-order valence-corrected chi connectivity index (χ1v) is 13.2. The third kappa shape index (κ3) is 4.60. The van der Waals surface area contributed by atoms with Crippen LogP contribution >= 0.6 is 0 Å². The molecule has 3 aromatic rings. The number of hydrogen-bond donors (Lipinski definition) is 0. The average molecular weight is 467 g/mol. The van der Waals surface area contributed by atoms with E-state index in [4.69, 9.17) is 4.52 Å². The largest absolute Gasteiger partial charge is 0.334 e. The number of aromatic nitrogens is 2. The van der Waals surface area contributed by atoms with Crippen LogP contribution in [0.25, 0.3) is 22.8 Å². The van der Waals surface area contributed by atoms with E-state index in [9.17, 15) is 8.42 Å². The van der Waals surface area contributed by atoms with E-state index in [0.717, 1.165) is 24.2 Å². The van der Waals surface area contributed by atoms with Gasteiger partial charge in [0, 0.05) is 37.8 Å². The molecule has 0 N–H and O–H groups in total. The van der Waals surface area contributed by atoms with Gasteiger partial charge in [-0.05, 0) is 31.9 Å². The number of piperazine rings is 1. The molecule has 0 radical (unpaired) electrons. The first-order valence-electron chi connectivity index (χ1n) is 11.8. The van der Waals surface area contributed by atoms with Crippen LogP contribution < -0.4 is 0 Å². The summed E-state index contributed by atoms with van der Waals surface area (Å²) in [5.74, 6) is 0.656. The molecular weight excluding hydrogens is 436 g/mol. The second-order valence-corrected chi connectivity index (χ2v) is 10.9. The van der Waals surface area contributed by atoms with Crippen LogP contribution in [0.4, 0.5) is 0 Å². The molecule has 0 atom stereocenters. The molecule has 1 aromatic heterocycles. The summed E-state index contributed by atoms with van der Waals surface area (Å²) in [6.07, 6.45) is 6.35. The van der Waals surface area contributed by atoms with Crippen LogP contribution in [-0.2, 0) is 10.0 Å². The van der Waals surface area contributed by atoms with Gasteiger partial charge in [0.25, 0.3) is 5.89 Å². The maximum Gasteiger partial charge on any atom is 0.259 e. The average Bonchev–Trinajstić information content (AvgIpc) is 3.35. The first kappa shape index (κ1) is 22.3. The van der Waals surface area contributed by atoms with Crippen molar-refractivity contribution in [3.8, 4) is 22.8 Å². The molecule has 33 heavy (non-hydrogen) atoms. The summed E-state index contributed by atoms with van der Waals surface area (Å²) in [6, 6.07) is 15.3. The van der Waals surface area contributed by atoms with E-state index in [2.05, 4.69) is 15.0 Å². The summed E-state index contributed by atoms with van der Waals surface area (Å²) in [4.78, 5) is 7.20. The van der Waals surface area contributed by atoms with Crippen molar-refractivity contribution in [3.05, 3.63) is 54.1 Å². The van der Waals surface area contributed by atoms with E-state index in [1.807, 2.05) is 31.2 Å². The number of nitrogens with zero attached hydrogens (tertiary/aromatic N) is 4. The van der Waals surface area contributed by atoms with Gasteiger partial charge in [-0.1, -0.05) is 66.4 Å². The highest BCUT2D eigenvalue weighted by Gasteiger charge is 2.33. The van der Waals surface area contributed by atoms with Crippen LogP contribution in [-0.4, -0.2) is 60.0 Å². The lowest BCUT2D eigenvalue weighted by Crippen LogP contribution is -2.52. The highest BCUT2D eigenvalue weighted by atomic mass is 32.2. The Labute approximate surface area is 195 Å². The third-order valence-corrected chi connectivity index (χ3v) is 8.79. The second kappa shape index (κ2) is 9.37. The molecular formula is C25H30N4O3S. The SMILES string of the molecule is Cc1ccc(-c2noc(-c3ccccc3S(=O)(=O)N3CCN(C4CCCCC4)CC3)n2)cc1. The zero-order chi connectivity index (χ0) is 22.8. The van der Waals surface area contributed by atoms with Crippen LogP contribution in [0.3, 0.4) is 0 Å². The summed E-state index contributed by atoms with van der Waals surface area (Å²) in [7, 11) is -3.68. The lowest BCUT2D eigenvalue weighted by Gasteiger charge is -2.40. The van der Waals surface area contributed by atoms with Crippen molar-refractivity contribution in [2.75, 3.05) is 26.2 Å². The van der Waals surface area contributed by atoms with Gasteiger partial charge < -0.3 is 4.52 Å². The summed E-state index contributed by atoms with van der Waals surface area (Å²) in [5, 5.41) is 4.09. The molecule has 0 unspecified atom stereocenters. The molecule has 1 saturated carbocycles. The number of benzene rings is 2. The second-order valence-electron chi connectivity index (χ2n) is 9.02. The number of aryl methyl sites for hydroxylation is 1. The Morgan fingerprint density at radius 3 is 2.33 bits per heavy atom. The minimum absolute atomic E-state index is 0.214. The topological polar surface area (TPSA) is 79.5 Å². The smallest absolute Gasteiger partial charge is 0.259 e. The Bertz CT molecular complexity index is 1190. The van der Waals surface area contributed by atoms with Gasteiger partial charge in [0.1, 0.15) is 0 Å². The Hall–Kier alpha value is -2.55. The molecule has 2 fully saturated rings. The lowest BCUT2D eigenvalue weighted by atomic mass is 9.94. The van der Waals surface area contributed by atoms with Crippen molar-refractivity contribution >= 4 is 10.0 Å². The fourth-order valence-electron chi connectivity index (χ4n) is 4.92. The molecule has 0 bridgehead atoms. The molecule has 1 saturated heterocycles. The Balaban J connectivity index is 1.37. The van der Waals surface area contributed by atoms with Gasteiger partial charge in [-0.15, -0.1) is 0 Å². The molecule has 1 aliphatic carbocycles. The lowest BCUT2D eigenvalue weighted by molar-refractivity contribution is 0.111. The number of sulfonamides is 1. The van der Waals surface area contributed by atoms with Gasteiger partial charge in [0.05, 0.1) is 10.5 Å². The van der Waals surface area contributed by atoms with Crippen molar-refractivity contribution in [1.29, 1.82) is 0 Å². The summed E-state index contributed by atoms with van der Waals surface area (Å²) in [5.41, 5.74) is 2.41. The minimum Gasteiger partial charge on any atom is -0.334 e. The summed E-state index contributed by atoms with van der Waals surface area (Å²) >= 11 is 0. The van der Waals surface area contributed by atoms with E-state index in [1.165, 1.54) is 32.1 Å². The van der Waals surface area contributed by atoms with Gasteiger partial charge >= 0.3 is 0 Å². The molecule has 2 aliphatic rings. The number of hydrogen-bond acceptors (Lipinski definition) is 6. The summed E-state index contributed by atoms with van der Waals surface area (Å²) < 4.78 is 34.3. The van der Waals surface area contributed by atoms with Crippen LogP contribution in [0.2, 0.25) is 0 Å². The van der Waals surface area contributed by atoms with E-state index < -0.39 is 10.0 Å². The quantitative estimate of drug-likeness (QED) is 0.556. The van der Waals surface area contributed by atoms with Gasteiger partial charge in [-0.3, -0.25) is 4.90 Å². The minimum atomic E-state index is -3.68. The maximum atomic E-state index is 13.6. The van der Waals surface area contributed by atoms with E-state index in [1.54, 1.807) is 28.6 Å². The van der Waals surface area contributed by atoms with Crippen molar-refractivity contribution < 1.29 is 12.9 Å². The monoisotopic (exact) mass is 466 g/mol. The van der Waals surface area contributed by atoms with Gasteiger partial charge in [0.15, 0.2) is 0 Å². The summed E-state index contributed by atoms with van der Waals surface area (Å²) in [6.45, 7) is 4.59.